The first-order valence-electron chi connectivity index (χ1n) is 7.38. The highest BCUT2D eigenvalue weighted by Gasteiger charge is 2.51. The quantitative estimate of drug-likeness (QED) is 0.648. The molecule has 8 heteroatoms. The van der Waals surface area contributed by atoms with Crippen LogP contribution in [-0.2, 0) is 23.9 Å². The molecule has 2 N–H and O–H groups in total. The van der Waals surface area contributed by atoms with Crippen molar-refractivity contribution in [1.82, 2.24) is 10.2 Å². The Balaban J connectivity index is 1.91. The van der Waals surface area contributed by atoms with Crippen LogP contribution < -0.4 is 5.32 Å². The number of imide groups is 1. The number of hydrogen-bond donors (Lipinski definition) is 2. The predicted molar refractivity (Wildman–Crippen MR) is 78.2 cm³/mol. The topological polar surface area (TPSA) is 113 Å². The lowest BCUT2D eigenvalue weighted by atomic mass is 9.85. The molecule has 126 valence electrons. The summed E-state index contributed by atoms with van der Waals surface area (Å²) in [6, 6.07) is 0. The van der Waals surface area contributed by atoms with Crippen molar-refractivity contribution in [2.75, 3.05) is 13.6 Å². The predicted octanol–water partition coefficient (Wildman–Crippen LogP) is -0.314. The summed E-state index contributed by atoms with van der Waals surface area (Å²) >= 11 is 0. The largest absolute Gasteiger partial charge is 0.481 e. The van der Waals surface area contributed by atoms with Gasteiger partial charge in [0.25, 0.3) is 0 Å². The second-order valence-corrected chi connectivity index (χ2v) is 5.90. The van der Waals surface area contributed by atoms with Crippen molar-refractivity contribution in [1.29, 1.82) is 0 Å². The number of amides is 3. The lowest BCUT2D eigenvalue weighted by Gasteiger charge is -2.25. The smallest absolute Gasteiger partial charge is 0.303 e. The van der Waals surface area contributed by atoms with Gasteiger partial charge in [-0.25, -0.2) is 0 Å². The van der Waals surface area contributed by atoms with E-state index >= 15 is 0 Å². The molecule has 1 fully saturated rings. The monoisotopic (exact) mass is 324 g/mol. The van der Waals surface area contributed by atoms with Gasteiger partial charge in [-0.3, -0.25) is 24.1 Å². The minimum Gasteiger partial charge on any atom is -0.481 e. The van der Waals surface area contributed by atoms with E-state index < -0.39 is 23.6 Å². The minimum absolute atomic E-state index is 0.103. The third kappa shape index (κ3) is 3.76. The van der Waals surface area contributed by atoms with Crippen LogP contribution in [0.3, 0.4) is 0 Å². The fraction of sp³-hybridized carbons (Fsp3) is 0.600. The summed E-state index contributed by atoms with van der Waals surface area (Å²) in [6.07, 6.45) is 3.22. The van der Waals surface area contributed by atoms with Gasteiger partial charge in [-0.15, -0.1) is 0 Å². The number of hydrogen-bond acceptors (Lipinski definition) is 5. The average molecular weight is 324 g/mol. The highest BCUT2D eigenvalue weighted by Crippen LogP contribution is 2.42. The molecule has 0 spiro atoms. The van der Waals surface area contributed by atoms with Crippen LogP contribution in [0.15, 0.2) is 12.2 Å². The van der Waals surface area contributed by atoms with E-state index in [1.165, 1.54) is 14.0 Å². The Morgan fingerprint density at radius 2 is 2.04 bits per heavy atom. The Bertz CT molecular complexity index is 572. The van der Waals surface area contributed by atoms with Gasteiger partial charge in [-0.2, -0.15) is 0 Å². The fourth-order valence-electron chi connectivity index (χ4n) is 2.80. The Hall–Kier alpha value is -2.22. The second-order valence-electron chi connectivity index (χ2n) is 5.90. The van der Waals surface area contributed by atoms with Crippen LogP contribution in [0.25, 0.3) is 0 Å². The molecule has 0 saturated carbocycles. The molecule has 0 aromatic carbocycles. The summed E-state index contributed by atoms with van der Waals surface area (Å²) in [5, 5.41) is 11.2. The minimum atomic E-state index is -1.03. The first-order chi connectivity index (χ1) is 10.7. The number of aliphatic carboxylic acids is 1. The van der Waals surface area contributed by atoms with Gasteiger partial charge in [0, 0.05) is 20.4 Å². The molecule has 0 aliphatic carbocycles. The van der Waals surface area contributed by atoms with E-state index in [1.54, 1.807) is 6.08 Å². The Kier molecular flexibility index (Phi) is 4.84. The summed E-state index contributed by atoms with van der Waals surface area (Å²) in [7, 11) is 1.43. The lowest BCUT2D eigenvalue weighted by molar-refractivity contribution is -0.145. The average Bonchev–Trinajstić information content (AvgIpc) is 3.08. The molecule has 2 aliphatic heterocycles. The lowest BCUT2D eigenvalue weighted by Crippen LogP contribution is -2.42. The summed E-state index contributed by atoms with van der Waals surface area (Å²) in [6.45, 7) is 1.49. The van der Waals surface area contributed by atoms with Crippen molar-refractivity contribution in [3.63, 3.8) is 0 Å². The van der Waals surface area contributed by atoms with Crippen LogP contribution in [0, 0.1) is 5.92 Å². The van der Waals surface area contributed by atoms with Crippen LogP contribution in [0.5, 0.6) is 0 Å². The van der Waals surface area contributed by atoms with E-state index in [2.05, 4.69) is 5.32 Å². The van der Waals surface area contributed by atoms with Crippen LogP contribution in [0.2, 0.25) is 0 Å². The number of nitrogens with one attached hydrogen (secondary N) is 1. The molecule has 0 radical (unpaired) electrons. The van der Waals surface area contributed by atoms with E-state index in [9.17, 15) is 19.2 Å². The summed E-state index contributed by atoms with van der Waals surface area (Å²) in [5.41, 5.74) is -0.762. The maximum absolute atomic E-state index is 12.3. The Morgan fingerprint density at radius 1 is 1.35 bits per heavy atom. The van der Waals surface area contributed by atoms with Crippen molar-refractivity contribution in [2.45, 2.75) is 37.9 Å². The van der Waals surface area contributed by atoms with Crippen LogP contribution in [0.4, 0.5) is 0 Å². The van der Waals surface area contributed by atoms with Crippen molar-refractivity contribution in [2.24, 2.45) is 5.92 Å². The molecule has 0 aromatic rings. The van der Waals surface area contributed by atoms with Crippen LogP contribution >= 0.6 is 0 Å². The van der Waals surface area contributed by atoms with Gasteiger partial charge in [0.2, 0.25) is 17.7 Å². The van der Waals surface area contributed by atoms with Crippen LogP contribution in [0.1, 0.15) is 26.2 Å². The van der Waals surface area contributed by atoms with Gasteiger partial charge in [-0.05, 0) is 6.42 Å². The summed E-state index contributed by atoms with van der Waals surface area (Å²) in [4.78, 5) is 46.7. The van der Waals surface area contributed by atoms with Crippen molar-refractivity contribution in [3.8, 4) is 0 Å². The highest BCUT2D eigenvalue weighted by atomic mass is 16.5. The molecule has 23 heavy (non-hydrogen) atoms. The highest BCUT2D eigenvalue weighted by molar-refractivity contribution is 5.95. The van der Waals surface area contributed by atoms with E-state index in [1.807, 2.05) is 6.08 Å². The molecule has 3 unspecified atom stereocenters. The molecule has 2 aliphatic rings. The number of rotatable bonds is 6. The molecule has 1 saturated heterocycles. The standard InChI is InChI=1S/C15H20N2O6/c1-9(18)17(2)14(22)10-7-15(6-5-11(10)23-15)8-16-12(19)3-4-13(20)21/h5-6,10-11H,3-4,7-8H2,1-2H3,(H,16,19)(H,20,21). The van der Waals surface area contributed by atoms with Crippen molar-refractivity contribution < 1.29 is 29.0 Å². The molecule has 0 aromatic heterocycles. The second kappa shape index (κ2) is 6.49. The van der Waals surface area contributed by atoms with Gasteiger partial charge in [0.1, 0.15) is 5.60 Å². The van der Waals surface area contributed by atoms with Crippen molar-refractivity contribution in [3.05, 3.63) is 12.2 Å². The van der Waals surface area contributed by atoms with Gasteiger partial charge in [-0.1, -0.05) is 12.2 Å². The first kappa shape index (κ1) is 17.1. The number of fused-ring (bicyclic) bond motifs is 2. The fourth-order valence-corrected chi connectivity index (χ4v) is 2.80. The molecular formula is C15H20N2O6. The molecular weight excluding hydrogens is 304 g/mol. The molecule has 2 heterocycles. The Labute approximate surface area is 133 Å². The van der Waals surface area contributed by atoms with E-state index in [0.717, 1.165) is 4.90 Å². The molecule has 8 nitrogen and oxygen atoms in total. The number of carbonyl (C=O) groups is 4. The molecule has 3 amide bonds. The molecule has 3 atom stereocenters. The van der Waals surface area contributed by atoms with Gasteiger partial charge in [0.05, 0.1) is 25.0 Å². The zero-order chi connectivity index (χ0) is 17.2. The summed E-state index contributed by atoms with van der Waals surface area (Å²) < 4.78 is 5.80. The van der Waals surface area contributed by atoms with E-state index in [-0.39, 0.29) is 37.1 Å². The number of nitrogens with zero attached hydrogens (tertiary/aromatic N) is 1. The van der Waals surface area contributed by atoms with Gasteiger partial charge < -0.3 is 15.2 Å². The van der Waals surface area contributed by atoms with Crippen molar-refractivity contribution >= 4 is 23.7 Å². The van der Waals surface area contributed by atoms with Gasteiger partial charge in [0.15, 0.2) is 0 Å². The van der Waals surface area contributed by atoms with Gasteiger partial charge >= 0.3 is 5.97 Å². The van der Waals surface area contributed by atoms with E-state index in [0.29, 0.717) is 6.42 Å². The molecule has 2 rings (SSSR count). The zero-order valence-electron chi connectivity index (χ0n) is 13.1. The molecule has 2 bridgehead atoms. The third-order valence-corrected chi connectivity index (χ3v) is 4.19. The Morgan fingerprint density at radius 3 is 2.65 bits per heavy atom. The number of carboxylic acid groups (broad SMARTS) is 1. The number of ether oxygens (including phenoxy) is 1. The number of carbonyl (C=O) groups excluding carboxylic acids is 3. The normalized spacial score (nSPS) is 27.7. The third-order valence-electron chi connectivity index (χ3n) is 4.19. The maximum atomic E-state index is 12.3. The van der Waals surface area contributed by atoms with Crippen LogP contribution in [-0.4, -0.2) is 59.0 Å². The number of carboxylic acids is 1. The van der Waals surface area contributed by atoms with E-state index in [4.69, 9.17) is 9.84 Å². The zero-order valence-corrected chi connectivity index (χ0v) is 13.1. The first-order valence-corrected chi connectivity index (χ1v) is 7.38. The summed E-state index contributed by atoms with van der Waals surface area (Å²) in [5.74, 6) is -2.50. The SMILES string of the molecule is CC(=O)N(C)C(=O)C1CC2(CNC(=O)CCC(=O)O)C=CC1O2. The maximum Gasteiger partial charge on any atom is 0.303 e.